The summed E-state index contributed by atoms with van der Waals surface area (Å²) in [4.78, 5) is 27.5. The van der Waals surface area contributed by atoms with Gasteiger partial charge in [0.05, 0.1) is 25.2 Å². The van der Waals surface area contributed by atoms with Crippen LogP contribution in [-0.2, 0) is 15.6 Å². The number of anilines is 1. The van der Waals surface area contributed by atoms with Crippen molar-refractivity contribution in [3.8, 4) is 11.5 Å². The maximum Gasteiger partial charge on any atom is 0.248 e. The molecule has 4 aromatic rings. The van der Waals surface area contributed by atoms with Gasteiger partial charge in [0.1, 0.15) is 18.2 Å². The molecule has 9 nitrogen and oxygen atoms in total. The molecule has 1 unspecified atom stereocenters. The molecule has 1 saturated heterocycles. The first-order valence-corrected chi connectivity index (χ1v) is 12.7. The molecule has 1 aliphatic rings. The molecule has 5 rings (SSSR count). The quantitative estimate of drug-likeness (QED) is 0.344. The van der Waals surface area contributed by atoms with E-state index in [1.54, 1.807) is 25.2 Å². The highest BCUT2D eigenvalue weighted by atomic mass is 16.5. The van der Waals surface area contributed by atoms with Crippen LogP contribution in [-0.4, -0.2) is 64.8 Å². The Balaban J connectivity index is 1.76. The van der Waals surface area contributed by atoms with E-state index in [2.05, 4.69) is 24.0 Å². The summed E-state index contributed by atoms with van der Waals surface area (Å²) < 4.78 is 11.0. The number of hydrogen-bond acceptors (Lipinski definition) is 7. The summed E-state index contributed by atoms with van der Waals surface area (Å²) >= 11 is 0. The van der Waals surface area contributed by atoms with E-state index in [-0.39, 0.29) is 5.91 Å². The van der Waals surface area contributed by atoms with Gasteiger partial charge in [-0.15, -0.1) is 0 Å². The first-order valence-electron chi connectivity index (χ1n) is 12.7. The van der Waals surface area contributed by atoms with Gasteiger partial charge in [-0.3, -0.25) is 4.79 Å². The Labute approximate surface area is 221 Å². The number of ether oxygens (including phenoxy) is 2. The number of hydrogen-bond donors (Lipinski definition) is 3. The topological polar surface area (TPSA) is 127 Å². The number of fused-ring (bicyclic) bond motifs is 1. The number of nitrogens with two attached hydrogens (primary N) is 1. The maximum atomic E-state index is 12.4. The van der Waals surface area contributed by atoms with Crippen molar-refractivity contribution in [3.63, 3.8) is 0 Å². The fourth-order valence-electron chi connectivity index (χ4n) is 6.01. The molecule has 1 fully saturated rings. The lowest BCUT2D eigenvalue weighted by Gasteiger charge is -2.52. The third-order valence-corrected chi connectivity index (χ3v) is 8.20. The van der Waals surface area contributed by atoms with Gasteiger partial charge in [-0.25, -0.2) is 9.97 Å². The number of carbonyl (C=O) groups excluding carboxylic acids is 1. The average molecular weight is 516 g/mol. The SMILES string of the molecule is COc1cc2nc(C(C)(c3ccc[nH]3)C3(c4ccccc4)CCN(C(=O)CO)CC3)nc(N)c2cc1OC. The maximum absolute atomic E-state index is 12.4. The zero-order valence-electron chi connectivity index (χ0n) is 21.9. The minimum atomic E-state index is -0.748. The van der Waals surface area contributed by atoms with Crippen LogP contribution < -0.4 is 15.2 Å². The number of aromatic amines is 1. The van der Waals surface area contributed by atoms with Crippen molar-refractivity contribution >= 4 is 22.6 Å². The minimum Gasteiger partial charge on any atom is -0.493 e. The molecule has 4 N–H and O–H groups in total. The molecule has 0 radical (unpaired) electrons. The van der Waals surface area contributed by atoms with Crippen LogP contribution in [0.25, 0.3) is 10.9 Å². The largest absolute Gasteiger partial charge is 0.493 e. The lowest BCUT2D eigenvalue weighted by molar-refractivity contribution is -0.136. The first kappa shape index (κ1) is 25.5. The average Bonchev–Trinajstić information content (AvgIpc) is 3.51. The van der Waals surface area contributed by atoms with Gasteiger partial charge >= 0.3 is 0 Å². The Morgan fingerprint density at radius 3 is 2.37 bits per heavy atom. The van der Waals surface area contributed by atoms with Crippen LogP contribution in [0.1, 0.15) is 36.8 Å². The Morgan fingerprint density at radius 1 is 1.08 bits per heavy atom. The Bertz CT molecular complexity index is 1430. The molecule has 0 bridgehead atoms. The van der Waals surface area contributed by atoms with E-state index in [0.717, 1.165) is 11.3 Å². The predicted molar refractivity (Wildman–Crippen MR) is 145 cm³/mol. The van der Waals surface area contributed by atoms with Crippen molar-refractivity contribution in [2.45, 2.75) is 30.6 Å². The summed E-state index contributed by atoms with van der Waals surface area (Å²) in [6.07, 6.45) is 3.19. The molecule has 1 atom stereocenters. The van der Waals surface area contributed by atoms with Crippen molar-refractivity contribution in [2.75, 3.05) is 39.6 Å². The van der Waals surface area contributed by atoms with Gasteiger partial charge in [-0.1, -0.05) is 30.3 Å². The molecule has 2 aromatic heterocycles. The molecule has 0 aliphatic carbocycles. The second kappa shape index (κ2) is 9.98. The number of rotatable bonds is 7. The van der Waals surface area contributed by atoms with Crippen LogP contribution in [0.15, 0.2) is 60.8 Å². The van der Waals surface area contributed by atoms with Crippen molar-refractivity contribution in [2.24, 2.45) is 0 Å². The number of amides is 1. The summed E-state index contributed by atoms with van der Waals surface area (Å²) in [5.74, 6) is 1.76. The van der Waals surface area contributed by atoms with Gasteiger partial charge < -0.3 is 30.2 Å². The molecule has 198 valence electrons. The number of nitrogens with zero attached hydrogens (tertiary/aromatic N) is 3. The summed E-state index contributed by atoms with van der Waals surface area (Å²) in [5.41, 5.74) is 8.07. The van der Waals surface area contributed by atoms with E-state index < -0.39 is 17.4 Å². The fourth-order valence-corrected chi connectivity index (χ4v) is 6.01. The molecule has 0 spiro atoms. The number of aliphatic hydroxyl groups is 1. The lowest BCUT2D eigenvalue weighted by Crippen LogP contribution is -2.56. The number of H-pyrrole nitrogens is 1. The van der Waals surface area contributed by atoms with Crippen molar-refractivity contribution < 1.29 is 19.4 Å². The molecule has 3 heterocycles. The molecule has 1 amide bonds. The normalized spacial score (nSPS) is 16.7. The second-order valence-electron chi connectivity index (χ2n) is 9.85. The highest BCUT2D eigenvalue weighted by Gasteiger charge is 2.55. The lowest BCUT2D eigenvalue weighted by atomic mass is 9.54. The molecule has 2 aromatic carbocycles. The zero-order valence-corrected chi connectivity index (χ0v) is 21.9. The number of aliphatic hydroxyl groups excluding tert-OH is 1. The Hall–Kier alpha value is -4.11. The van der Waals surface area contributed by atoms with Gasteiger partial charge in [0.25, 0.3) is 0 Å². The number of benzene rings is 2. The number of methoxy groups -OCH3 is 2. The highest BCUT2D eigenvalue weighted by molar-refractivity contribution is 5.91. The monoisotopic (exact) mass is 515 g/mol. The standard InChI is InChI=1S/C29H33N5O4/c1-28(24-10-7-13-31-24,27-32-21-17-23(38-3)22(37-2)16-20(21)26(30)33-27)29(19-8-5-4-6-9-19)11-14-34(15-12-29)25(36)18-35/h4-10,13,16-17,31,35H,11-12,14-15,18H2,1-3H3,(H2,30,32,33). The summed E-state index contributed by atoms with van der Waals surface area (Å²) in [7, 11) is 3.17. The number of likely N-dealkylation sites (tertiary alicyclic amines) is 1. The van der Waals surface area contributed by atoms with E-state index in [1.165, 1.54) is 0 Å². The number of nitrogen functional groups attached to an aromatic ring is 1. The van der Waals surface area contributed by atoms with Gasteiger partial charge in [0.2, 0.25) is 5.91 Å². The number of nitrogens with one attached hydrogen (secondary N) is 1. The number of carbonyl (C=O) groups is 1. The molecular formula is C29H33N5O4. The third-order valence-electron chi connectivity index (χ3n) is 8.20. The van der Waals surface area contributed by atoms with Crippen LogP contribution in [0.2, 0.25) is 0 Å². The molecule has 38 heavy (non-hydrogen) atoms. The summed E-state index contributed by atoms with van der Waals surface area (Å²) in [6, 6.07) is 18.0. The van der Waals surface area contributed by atoms with Crippen molar-refractivity contribution in [1.29, 1.82) is 0 Å². The molecule has 9 heteroatoms. The van der Waals surface area contributed by atoms with E-state index in [9.17, 15) is 9.90 Å². The van der Waals surface area contributed by atoms with E-state index in [4.69, 9.17) is 25.2 Å². The highest BCUT2D eigenvalue weighted by Crippen LogP contribution is 2.53. The second-order valence-corrected chi connectivity index (χ2v) is 9.85. The number of piperidine rings is 1. The van der Waals surface area contributed by atoms with Gasteiger partial charge in [-0.05, 0) is 43.5 Å². The smallest absolute Gasteiger partial charge is 0.248 e. The predicted octanol–water partition coefficient (Wildman–Crippen LogP) is 3.42. The molecular weight excluding hydrogens is 482 g/mol. The Morgan fingerprint density at radius 2 is 1.76 bits per heavy atom. The van der Waals surface area contributed by atoms with Gasteiger partial charge in [-0.2, -0.15) is 0 Å². The van der Waals surface area contributed by atoms with E-state index in [0.29, 0.717) is 60.0 Å². The van der Waals surface area contributed by atoms with Crippen LogP contribution >= 0.6 is 0 Å². The van der Waals surface area contributed by atoms with Crippen LogP contribution in [0, 0.1) is 0 Å². The fraction of sp³-hybridized carbons (Fsp3) is 0.345. The minimum absolute atomic E-state index is 0.263. The van der Waals surface area contributed by atoms with Gasteiger partial charge in [0.15, 0.2) is 11.5 Å². The first-order chi connectivity index (χ1) is 18.4. The van der Waals surface area contributed by atoms with Crippen molar-refractivity contribution in [3.05, 3.63) is 77.9 Å². The molecule has 1 aliphatic heterocycles. The van der Waals surface area contributed by atoms with Crippen molar-refractivity contribution in [1.82, 2.24) is 19.9 Å². The van der Waals surface area contributed by atoms with Crippen LogP contribution in [0.4, 0.5) is 5.82 Å². The van der Waals surface area contributed by atoms with E-state index in [1.807, 2.05) is 42.6 Å². The Kier molecular flexibility index (Phi) is 6.71. The number of aromatic nitrogens is 3. The third kappa shape index (κ3) is 3.94. The van der Waals surface area contributed by atoms with E-state index >= 15 is 0 Å². The molecule has 0 saturated carbocycles. The summed E-state index contributed by atoms with van der Waals surface area (Å²) in [6.45, 7) is 2.65. The summed E-state index contributed by atoms with van der Waals surface area (Å²) in [5, 5.41) is 10.2. The van der Waals surface area contributed by atoms with Gasteiger partial charge in [0, 0.05) is 41.8 Å². The zero-order chi connectivity index (χ0) is 26.9. The van der Waals surface area contributed by atoms with Crippen LogP contribution in [0.3, 0.4) is 0 Å². The van der Waals surface area contributed by atoms with Crippen LogP contribution in [0.5, 0.6) is 11.5 Å².